The van der Waals surface area contributed by atoms with Gasteiger partial charge in [0.1, 0.15) is 11.4 Å². The predicted octanol–water partition coefficient (Wildman–Crippen LogP) is 2.81. The molecule has 118 valence electrons. The second-order valence-corrected chi connectivity index (χ2v) is 8.65. The van der Waals surface area contributed by atoms with Crippen LogP contribution in [0.5, 0.6) is 0 Å². The van der Waals surface area contributed by atoms with Gasteiger partial charge >= 0.3 is 0 Å². The van der Waals surface area contributed by atoms with Gasteiger partial charge in [0.15, 0.2) is 0 Å². The fourth-order valence-corrected chi connectivity index (χ4v) is 4.79. The third-order valence-corrected chi connectivity index (χ3v) is 5.76. The summed E-state index contributed by atoms with van der Waals surface area (Å²) in [5, 5.41) is 2.95. The zero-order valence-corrected chi connectivity index (χ0v) is 14.2. The van der Waals surface area contributed by atoms with Crippen molar-refractivity contribution in [1.82, 2.24) is 10.2 Å². The molecule has 2 aliphatic heterocycles. The zero-order valence-electron chi connectivity index (χ0n) is 13.4. The van der Waals surface area contributed by atoms with E-state index in [4.69, 9.17) is 0 Å². The molecule has 0 aromatic heterocycles. The highest BCUT2D eigenvalue weighted by Crippen LogP contribution is 2.56. The Kier molecular flexibility index (Phi) is 3.71. The molecule has 1 aromatic carbocycles. The molecular formula is C17H22N2O2S. The molecule has 4 nitrogen and oxygen atoms in total. The number of thioether (sulfide) groups is 1. The summed E-state index contributed by atoms with van der Waals surface area (Å²) in [6.45, 7) is 8.86. The van der Waals surface area contributed by atoms with E-state index in [0.717, 1.165) is 11.1 Å². The molecule has 0 bridgehead atoms. The molecule has 1 aromatic rings. The minimum atomic E-state index is -0.429. The number of carbonyl (C=O) groups is 2. The van der Waals surface area contributed by atoms with Crippen LogP contribution in [-0.2, 0) is 4.79 Å². The maximum Gasteiger partial charge on any atom is 0.256 e. The van der Waals surface area contributed by atoms with E-state index in [0.29, 0.717) is 12.5 Å². The Morgan fingerprint density at radius 1 is 1.36 bits per heavy atom. The summed E-state index contributed by atoms with van der Waals surface area (Å²) in [5.74, 6) is 0.321. The Morgan fingerprint density at radius 3 is 2.73 bits per heavy atom. The van der Waals surface area contributed by atoms with Gasteiger partial charge in [-0.25, -0.2) is 0 Å². The number of carbonyl (C=O) groups excluding carboxylic acids is 2. The standard InChI is InChI=1S/C17H22N2O2S/c1-10(2)9-18-14(20)13-17(3,4)22-16-12-8-6-5-7-11(12)15(21)19(13)16/h5-8,10,13,16H,9H2,1-4H3,(H,18,20)/t13-,16+/m1/s1. The van der Waals surface area contributed by atoms with Crippen LogP contribution < -0.4 is 5.32 Å². The van der Waals surface area contributed by atoms with Gasteiger partial charge in [-0.2, -0.15) is 0 Å². The van der Waals surface area contributed by atoms with Crippen LogP contribution in [0.1, 0.15) is 49.0 Å². The number of fused-ring (bicyclic) bond motifs is 3. The van der Waals surface area contributed by atoms with Crippen molar-refractivity contribution in [1.29, 1.82) is 0 Å². The summed E-state index contributed by atoms with van der Waals surface area (Å²) in [4.78, 5) is 27.2. The minimum Gasteiger partial charge on any atom is -0.354 e. The highest BCUT2D eigenvalue weighted by atomic mass is 32.2. The molecule has 2 heterocycles. The van der Waals surface area contributed by atoms with Crippen LogP contribution in [0.4, 0.5) is 0 Å². The van der Waals surface area contributed by atoms with Crippen LogP contribution in [0.2, 0.25) is 0 Å². The Morgan fingerprint density at radius 2 is 2.05 bits per heavy atom. The van der Waals surface area contributed by atoms with Crippen molar-refractivity contribution in [2.45, 2.75) is 43.9 Å². The minimum absolute atomic E-state index is 0.0247. The molecule has 5 heteroatoms. The summed E-state index contributed by atoms with van der Waals surface area (Å²) < 4.78 is -0.297. The van der Waals surface area contributed by atoms with Gasteiger partial charge in [-0.05, 0) is 31.4 Å². The van der Waals surface area contributed by atoms with Crippen molar-refractivity contribution < 1.29 is 9.59 Å². The summed E-state index contributed by atoms with van der Waals surface area (Å²) in [7, 11) is 0. The number of nitrogens with one attached hydrogen (secondary N) is 1. The number of rotatable bonds is 3. The molecule has 22 heavy (non-hydrogen) atoms. The fourth-order valence-electron chi connectivity index (χ4n) is 3.21. The second-order valence-electron chi connectivity index (χ2n) is 6.91. The van der Waals surface area contributed by atoms with Crippen molar-refractivity contribution in [3.63, 3.8) is 0 Å². The van der Waals surface area contributed by atoms with Crippen LogP contribution in [0, 0.1) is 5.92 Å². The Labute approximate surface area is 135 Å². The fraction of sp³-hybridized carbons (Fsp3) is 0.529. The first kappa shape index (κ1) is 15.4. The average molecular weight is 318 g/mol. The molecule has 0 radical (unpaired) electrons. The van der Waals surface area contributed by atoms with Gasteiger partial charge in [-0.3, -0.25) is 9.59 Å². The Balaban J connectivity index is 1.92. The van der Waals surface area contributed by atoms with E-state index < -0.39 is 6.04 Å². The van der Waals surface area contributed by atoms with Crippen molar-refractivity contribution in [2.24, 2.45) is 5.92 Å². The maximum atomic E-state index is 12.8. The van der Waals surface area contributed by atoms with Gasteiger partial charge in [0.05, 0.1) is 0 Å². The predicted molar refractivity (Wildman–Crippen MR) is 88.7 cm³/mol. The second kappa shape index (κ2) is 5.30. The van der Waals surface area contributed by atoms with E-state index in [2.05, 4.69) is 19.2 Å². The zero-order chi connectivity index (χ0) is 16.1. The van der Waals surface area contributed by atoms with Crippen LogP contribution in [-0.4, -0.2) is 34.0 Å². The van der Waals surface area contributed by atoms with Gasteiger partial charge in [0.2, 0.25) is 5.91 Å². The lowest BCUT2D eigenvalue weighted by atomic mass is 10.0. The first-order chi connectivity index (χ1) is 10.3. The van der Waals surface area contributed by atoms with Crippen LogP contribution in [0.3, 0.4) is 0 Å². The van der Waals surface area contributed by atoms with Crippen molar-refractivity contribution in [2.75, 3.05) is 6.54 Å². The summed E-state index contributed by atoms with van der Waals surface area (Å²) in [5.41, 5.74) is 1.77. The van der Waals surface area contributed by atoms with Gasteiger partial charge in [-0.1, -0.05) is 32.0 Å². The smallest absolute Gasteiger partial charge is 0.256 e. The number of nitrogens with zero attached hydrogens (tertiary/aromatic N) is 1. The molecule has 1 fully saturated rings. The quantitative estimate of drug-likeness (QED) is 0.932. The number of hydrogen-bond donors (Lipinski definition) is 1. The van der Waals surface area contributed by atoms with E-state index in [1.807, 2.05) is 38.1 Å². The van der Waals surface area contributed by atoms with Gasteiger partial charge in [-0.15, -0.1) is 11.8 Å². The van der Waals surface area contributed by atoms with Gasteiger partial charge in [0.25, 0.3) is 5.91 Å². The number of amides is 2. The lowest BCUT2D eigenvalue weighted by Crippen LogP contribution is -2.52. The number of benzene rings is 1. The molecule has 0 spiro atoms. The van der Waals surface area contributed by atoms with E-state index >= 15 is 0 Å². The van der Waals surface area contributed by atoms with Crippen molar-refractivity contribution >= 4 is 23.6 Å². The summed E-state index contributed by atoms with van der Waals surface area (Å²) in [6, 6.07) is 7.25. The Hall–Kier alpha value is -1.49. The summed E-state index contributed by atoms with van der Waals surface area (Å²) >= 11 is 1.70. The lowest BCUT2D eigenvalue weighted by Gasteiger charge is -2.29. The lowest BCUT2D eigenvalue weighted by molar-refractivity contribution is -0.126. The van der Waals surface area contributed by atoms with Crippen LogP contribution in [0.15, 0.2) is 24.3 Å². The normalized spacial score (nSPS) is 25.3. The first-order valence-corrected chi connectivity index (χ1v) is 8.58. The topological polar surface area (TPSA) is 49.4 Å². The highest BCUT2D eigenvalue weighted by Gasteiger charge is 2.57. The van der Waals surface area contributed by atoms with Gasteiger partial charge < -0.3 is 10.2 Å². The molecule has 2 atom stereocenters. The SMILES string of the molecule is CC(C)CNC(=O)[C@H]1N2C(=O)c3ccccc3[C@@H]2SC1(C)C. The largest absolute Gasteiger partial charge is 0.354 e. The van der Waals surface area contributed by atoms with E-state index in [-0.39, 0.29) is 21.9 Å². The molecule has 0 saturated carbocycles. The molecule has 2 amide bonds. The molecule has 2 aliphatic rings. The third kappa shape index (κ3) is 2.32. The highest BCUT2D eigenvalue weighted by molar-refractivity contribution is 8.01. The van der Waals surface area contributed by atoms with Crippen LogP contribution in [0.25, 0.3) is 0 Å². The molecule has 1 N–H and O–H groups in total. The molecule has 3 rings (SSSR count). The molecule has 0 unspecified atom stereocenters. The average Bonchev–Trinajstić information content (AvgIpc) is 2.88. The van der Waals surface area contributed by atoms with E-state index in [1.165, 1.54) is 0 Å². The van der Waals surface area contributed by atoms with E-state index in [9.17, 15) is 9.59 Å². The number of hydrogen-bond acceptors (Lipinski definition) is 3. The first-order valence-electron chi connectivity index (χ1n) is 7.70. The molecular weight excluding hydrogens is 296 g/mol. The molecule has 1 saturated heterocycles. The Bertz CT molecular complexity index is 627. The van der Waals surface area contributed by atoms with Crippen LogP contribution >= 0.6 is 11.8 Å². The maximum absolute atomic E-state index is 12.8. The monoisotopic (exact) mass is 318 g/mol. The molecule has 0 aliphatic carbocycles. The van der Waals surface area contributed by atoms with Crippen molar-refractivity contribution in [3.8, 4) is 0 Å². The third-order valence-electron chi connectivity index (χ3n) is 4.23. The van der Waals surface area contributed by atoms with Crippen molar-refractivity contribution in [3.05, 3.63) is 35.4 Å². The van der Waals surface area contributed by atoms with E-state index in [1.54, 1.807) is 16.7 Å². The van der Waals surface area contributed by atoms with Gasteiger partial charge in [0, 0.05) is 16.9 Å². The summed E-state index contributed by atoms with van der Waals surface area (Å²) in [6.07, 6.45) is 0.